The zero-order valence-electron chi connectivity index (χ0n) is 9.98. The van der Waals surface area contributed by atoms with E-state index in [1.807, 2.05) is 12.1 Å². The molecule has 0 heterocycles. The van der Waals surface area contributed by atoms with Crippen molar-refractivity contribution in [2.24, 2.45) is 0 Å². The quantitative estimate of drug-likeness (QED) is 0.703. The monoisotopic (exact) mass is 385 g/mol. The topological polar surface area (TPSA) is 21.3 Å². The highest BCUT2D eigenvalue weighted by atomic mass is 79.9. The van der Waals surface area contributed by atoms with Crippen LogP contribution in [0.5, 0.6) is 5.75 Å². The molecule has 0 unspecified atom stereocenters. The van der Waals surface area contributed by atoms with Gasteiger partial charge in [-0.05, 0) is 62.5 Å². The number of nitrogens with one attached hydrogen (secondary N) is 1. The molecule has 1 rings (SSSR count). The molecule has 0 aliphatic carbocycles. The fourth-order valence-electron chi connectivity index (χ4n) is 1.41. The van der Waals surface area contributed by atoms with E-state index < -0.39 is 13.0 Å². The van der Waals surface area contributed by atoms with Gasteiger partial charge >= 0.3 is 0 Å². The minimum atomic E-state index is -2.48. The van der Waals surface area contributed by atoms with Crippen molar-refractivity contribution in [1.82, 2.24) is 5.32 Å². The molecule has 0 atom stereocenters. The lowest BCUT2D eigenvalue weighted by Crippen LogP contribution is -2.14. The molecule has 1 aromatic rings. The van der Waals surface area contributed by atoms with E-state index in [2.05, 4.69) is 44.1 Å². The van der Waals surface area contributed by atoms with E-state index in [1.165, 1.54) is 0 Å². The van der Waals surface area contributed by atoms with Crippen LogP contribution in [0.2, 0.25) is 0 Å². The Morgan fingerprint density at radius 2 is 1.89 bits per heavy atom. The summed E-state index contributed by atoms with van der Waals surface area (Å²) in [6.45, 7) is 3.17. The molecular formula is C12H15Br2F2NO. The van der Waals surface area contributed by atoms with Gasteiger partial charge in [-0.1, -0.05) is 6.92 Å². The number of halogens is 4. The van der Waals surface area contributed by atoms with Crippen molar-refractivity contribution >= 4 is 31.9 Å². The van der Waals surface area contributed by atoms with Crippen LogP contribution in [0.4, 0.5) is 8.78 Å². The predicted molar refractivity (Wildman–Crippen MR) is 75.3 cm³/mol. The Hall–Kier alpha value is -0.200. The van der Waals surface area contributed by atoms with E-state index >= 15 is 0 Å². The van der Waals surface area contributed by atoms with E-state index in [-0.39, 0.29) is 0 Å². The molecule has 1 aromatic carbocycles. The Bertz CT molecular complexity index is 365. The van der Waals surface area contributed by atoms with Crippen LogP contribution >= 0.6 is 31.9 Å². The molecule has 0 bridgehead atoms. The van der Waals surface area contributed by atoms with Gasteiger partial charge < -0.3 is 10.1 Å². The highest BCUT2D eigenvalue weighted by Gasteiger charge is 2.11. The van der Waals surface area contributed by atoms with Crippen LogP contribution < -0.4 is 10.1 Å². The zero-order valence-corrected chi connectivity index (χ0v) is 13.2. The summed E-state index contributed by atoms with van der Waals surface area (Å²) in [5.41, 5.74) is 1.06. The first-order valence-corrected chi connectivity index (χ1v) is 7.22. The van der Waals surface area contributed by atoms with Crippen LogP contribution in [0, 0.1) is 0 Å². The van der Waals surface area contributed by atoms with E-state index in [1.54, 1.807) is 0 Å². The molecule has 18 heavy (non-hydrogen) atoms. The van der Waals surface area contributed by atoms with Gasteiger partial charge in [-0.25, -0.2) is 8.78 Å². The number of hydrogen-bond donors (Lipinski definition) is 1. The van der Waals surface area contributed by atoms with Crippen molar-refractivity contribution in [3.05, 3.63) is 26.6 Å². The van der Waals surface area contributed by atoms with Crippen LogP contribution in [-0.4, -0.2) is 19.6 Å². The van der Waals surface area contributed by atoms with E-state index in [0.29, 0.717) is 14.7 Å². The lowest BCUT2D eigenvalue weighted by molar-refractivity contribution is 0.0811. The molecule has 1 N–H and O–H groups in total. The molecule has 0 aliphatic heterocycles. The molecular weight excluding hydrogens is 372 g/mol. The summed E-state index contributed by atoms with van der Waals surface area (Å²) in [5.74, 6) is 0.412. The number of ether oxygens (including phenoxy) is 1. The Morgan fingerprint density at radius 3 is 2.39 bits per heavy atom. The Labute approximate surface area is 122 Å². The summed E-state index contributed by atoms with van der Waals surface area (Å²) < 4.78 is 30.6. The molecule has 2 nitrogen and oxygen atoms in total. The van der Waals surface area contributed by atoms with Gasteiger partial charge in [0.05, 0.1) is 8.95 Å². The molecule has 0 aromatic heterocycles. The maximum atomic E-state index is 12.1. The normalized spacial score (nSPS) is 11.0. The molecule has 0 aliphatic rings. The van der Waals surface area contributed by atoms with Gasteiger partial charge in [0.2, 0.25) is 0 Å². The Balaban J connectivity index is 2.71. The molecule has 102 valence electrons. The largest absolute Gasteiger partial charge is 0.485 e. The summed E-state index contributed by atoms with van der Waals surface area (Å²) in [6.07, 6.45) is -1.41. The first-order valence-electron chi connectivity index (χ1n) is 5.64. The van der Waals surface area contributed by atoms with Gasteiger partial charge in [0.15, 0.2) is 0 Å². The third-order valence-corrected chi connectivity index (χ3v) is 3.35. The van der Waals surface area contributed by atoms with Crippen molar-refractivity contribution in [2.75, 3.05) is 13.2 Å². The zero-order chi connectivity index (χ0) is 13.5. The van der Waals surface area contributed by atoms with E-state index in [0.717, 1.165) is 25.1 Å². The fraction of sp³-hybridized carbons (Fsp3) is 0.500. The number of alkyl halides is 2. The van der Waals surface area contributed by atoms with Crippen LogP contribution in [0.1, 0.15) is 18.9 Å². The average molecular weight is 387 g/mol. The third-order valence-electron chi connectivity index (χ3n) is 2.17. The molecule has 0 amide bonds. The summed E-state index contributed by atoms with van der Waals surface area (Å²) in [6, 6.07) is 3.74. The minimum absolute atomic E-state index is 0.412. The van der Waals surface area contributed by atoms with Crippen molar-refractivity contribution in [3.8, 4) is 5.75 Å². The second kappa shape index (κ2) is 8.07. The van der Waals surface area contributed by atoms with Gasteiger partial charge in [-0.2, -0.15) is 0 Å². The van der Waals surface area contributed by atoms with E-state index in [4.69, 9.17) is 4.74 Å². The summed E-state index contributed by atoms with van der Waals surface area (Å²) in [4.78, 5) is 0. The second-order valence-electron chi connectivity index (χ2n) is 3.77. The number of hydrogen-bond acceptors (Lipinski definition) is 2. The maximum absolute atomic E-state index is 12.1. The standard InChI is InChI=1S/C12H15Br2F2NO/c1-2-3-17-6-8-4-9(13)12(10(14)5-8)18-7-11(15)16/h4-5,11,17H,2-3,6-7H2,1H3. The lowest BCUT2D eigenvalue weighted by atomic mass is 10.2. The van der Waals surface area contributed by atoms with Crippen LogP contribution in [0.3, 0.4) is 0 Å². The van der Waals surface area contributed by atoms with Crippen molar-refractivity contribution in [1.29, 1.82) is 0 Å². The molecule has 0 spiro atoms. The van der Waals surface area contributed by atoms with Crippen molar-refractivity contribution < 1.29 is 13.5 Å². The Kier molecular flexibility index (Phi) is 7.11. The number of benzene rings is 1. The molecule has 6 heteroatoms. The Morgan fingerprint density at radius 1 is 1.28 bits per heavy atom. The fourth-order valence-corrected chi connectivity index (χ4v) is 2.92. The summed E-state index contributed by atoms with van der Waals surface area (Å²) in [5, 5.41) is 3.27. The highest BCUT2D eigenvalue weighted by molar-refractivity contribution is 9.11. The van der Waals surface area contributed by atoms with Crippen LogP contribution in [0.15, 0.2) is 21.1 Å². The first-order chi connectivity index (χ1) is 8.54. The number of rotatable bonds is 7. The summed E-state index contributed by atoms with van der Waals surface area (Å²) in [7, 11) is 0. The molecule has 0 radical (unpaired) electrons. The SMILES string of the molecule is CCCNCc1cc(Br)c(OCC(F)F)c(Br)c1. The molecule has 0 saturated heterocycles. The smallest absolute Gasteiger partial charge is 0.272 e. The predicted octanol–water partition coefficient (Wildman–Crippen LogP) is 4.36. The van der Waals surface area contributed by atoms with Gasteiger partial charge in [0.25, 0.3) is 6.43 Å². The van der Waals surface area contributed by atoms with Crippen molar-refractivity contribution in [3.63, 3.8) is 0 Å². The van der Waals surface area contributed by atoms with Crippen LogP contribution in [0.25, 0.3) is 0 Å². The minimum Gasteiger partial charge on any atom is -0.485 e. The highest BCUT2D eigenvalue weighted by Crippen LogP contribution is 2.35. The van der Waals surface area contributed by atoms with Gasteiger partial charge in [0, 0.05) is 6.54 Å². The first kappa shape index (κ1) is 15.9. The van der Waals surface area contributed by atoms with Crippen LogP contribution in [-0.2, 0) is 6.54 Å². The van der Waals surface area contributed by atoms with Gasteiger partial charge in [-0.3, -0.25) is 0 Å². The third kappa shape index (κ3) is 5.20. The lowest BCUT2D eigenvalue weighted by Gasteiger charge is -2.12. The molecule has 0 saturated carbocycles. The van der Waals surface area contributed by atoms with Crippen molar-refractivity contribution in [2.45, 2.75) is 26.3 Å². The second-order valence-corrected chi connectivity index (χ2v) is 5.48. The maximum Gasteiger partial charge on any atom is 0.272 e. The average Bonchev–Trinajstić information content (AvgIpc) is 2.28. The summed E-state index contributed by atoms with van der Waals surface area (Å²) >= 11 is 6.66. The van der Waals surface area contributed by atoms with Gasteiger partial charge in [-0.15, -0.1) is 0 Å². The van der Waals surface area contributed by atoms with E-state index in [9.17, 15) is 8.78 Å². The molecule has 0 fully saturated rings. The van der Waals surface area contributed by atoms with Gasteiger partial charge in [0.1, 0.15) is 12.4 Å².